The van der Waals surface area contributed by atoms with Crippen molar-refractivity contribution in [3.8, 4) is 0 Å². The number of anilines is 2. The van der Waals surface area contributed by atoms with Gasteiger partial charge < -0.3 is 14.5 Å². The van der Waals surface area contributed by atoms with E-state index in [9.17, 15) is 12.8 Å². The van der Waals surface area contributed by atoms with E-state index >= 15 is 0 Å². The Labute approximate surface area is 206 Å². The smallest absolute Gasteiger partial charge is 0.218 e. The SMILES string of the molecule is O=S(=O)(Cc1cccc(F)c1)N1CCN(c2ccc(N3CCN(CC4CCCO4)CC3)nn2)CC1. The van der Waals surface area contributed by atoms with E-state index in [0.29, 0.717) is 37.8 Å². The lowest BCUT2D eigenvalue weighted by Crippen LogP contribution is -2.49. The molecule has 3 saturated heterocycles. The van der Waals surface area contributed by atoms with Gasteiger partial charge in [0.1, 0.15) is 5.82 Å². The lowest BCUT2D eigenvalue weighted by molar-refractivity contribution is 0.0712. The molecule has 2 aromatic rings. The molecule has 3 fully saturated rings. The first-order valence-electron chi connectivity index (χ1n) is 12.4. The fourth-order valence-electron chi connectivity index (χ4n) is 5.02. The molecule has 0 aliphatic carbocycles. The zero-order valence-corrected chi connectivity index (χ0v) is 20.7. The van der Waals surface area contributed by atoms with Crippen LogP contribution >= 0.6 is 0 Å². The maximum absolute atomic E-state index is 13.4. The van der Waals surface area contributed by atoms with Gasteiger partial charge in [0.05, 0.1) is 11.9 Å². The predicted molar refractivity (Wildman–Crippen MR) is 132 cm³/mol. The number of hydrogen-bond acceptors (Lipinski definition) is 8. The maximum Gasteiger partial charge on any atom is 0.218 e. The van der Waals surface area contributed by atoms with Crippen molar-refractivity contribution < 1.29 is 17.5 Å². The van der Waals surface area contributed by atoms with Crippen LogP contribution in [-0.4, -0.2) is 99.4 Å². The monoisotopic (exact) mass is 504 g/mol. The fourth-order valence-corrected chi connectivity index (χ4v) is 6.52. The minimum absolute atomic E-state index is 0.194. The summed E-state index contributed by atoms with van der Waals surface area (Å²) in [6.07, 6.45) is 2.73. The number of aromatic nitrogens is 2. The van der Waals surface area contributed by atoms with Crippen LogP contribution in [0.4, 0.5) is 16.0 Å². The average Bonchev–Trinajstić information content (AvgIpc) is 3.38. The molecule has 1 aromatic carbocycles. The third-order valence-electron chi connectivity index (χ3n) is 7.01. The molecular formula is C24H33FN6O3S. The van der Waals surface area contributed by atoms with Gasteiger partial charge in [-0.05, 0) is 42.7 Å². The van der Waals surface area contributed by atoms with E-state index in [4.69, 9.17) is 4.74 Å². The van der Waals surface area contributed by atoms with Gasteiger partial charge in [-0.15, -0.1) is 10.2 Å². The third-order valence-corrected chi connectivity index (χ3v) is 8.86. The highest BCUT2D eigenvalue weighted by molar-refractivity contribution is 7.88. The first-order valence-corrected chi connectivity index (χ1v) is 14.0. The number of hydrogen-bond donors (Lipinski definition) is 0. The van der Waals surface area contributed by atoms with Gasteiger partial charge in [0.2, 0.25) is 10.0 Å². The molecule has 1 unspecified atom stereocenters. The Morgan fingerprint density at radius 2 is 1.57 bits per heavy atom. The van der Waals surface area contributed by atoms with Crippen LogP contribution in [0, 0.1) is 5.82 Å². The highest BCUT2D eigenvalue weighted by Crippen LogP contribution is 2.21. The van der Waals surface area contributed by atoms with E-state index in [-0.39, 0.29) is 5.75 Å². The maximum atomic E-state index is 13.4. The fraction of sp³-hybridized carbons (Fsp3) is 0.583. The second-order valence-corrected chi connectivity index (χ2v) is 11.4. The second kappa shape index (κ2) is 10.7. The van der Waals surface area contributed by atoms with Crippen molar-refractivity contribution >= 4 is 21.7 Å². The molecular weight excluding hydrogens is 471 g/mol. The second-order valence-electron chi connectivity index (χ2n) is 9.44. The van der Waals surface area contributed by atoms with E-state index in [1.54, 1.807) is 6.07 Å². The van der Waals surface area contributed by atoms with Crippen LogP contribution in [-0.2, 0) is 20.5 Å². The van der Waals surface area contributed by atoms with E-state index in [1.165, 1.54) is 35.3 Å². The molecule has 1 atom stereocenters. The minimum atomic E-state index is -3.51. The molecule has 0 spiro atoms. The Balaban J connectivity index is 1.10. The number of nitrogens with zero attached hydrogens (tertiary/aromatic N) is 6. The first kappa shape index (κ1) is 24.4. The number of rotatable bonds is 7. The topological polar surface area (TPSA) is 82.1 Å². The summed E-state index contributed by atoms with van der Waals surface area (Å²) in [6.45, 7) is 7.56. The Bertz CT molecular complexity index is 1080. The van der Waals surface area contributed by atoms with Crippen LogP contribution < -0.4 is 9.80 Å². The Kier molecular flexibility index (Phi) is 7.47. The van der Waals surface area contributed by atoms with Crippen LogP contribution in [0.25, 0.3) is 0 Å². The molecule has 35 heavy (non-hydrogen) atoms. The molecule has 3 aliphatic heterocycles. The van der Waals surface area contributed by atoms with Gasteiger partial charge in [0.25, 0.3) is 0 Å². The lowest BCUT2D eigenvalue weighted by Gasteiger charge is -2.36. The predicted octanol–water partition coefficient (Wildman–Crippen LogP) is 1.57. The lowest BCUT2D eigenvalue weighted by atomic mass is 10.2. The molecule has 4 heterocycles. The summed E-state index contributed by atoms with van der Waals surface area (Å²) >= 11 is 0. The molecule has 5 rings (SSSR count). The van der Waals surface area contributed by atoms with E-state index < -0.39 is 15.8 Å². The normalized spacial score (nSPS) is 22.6. The average molecular weight is 505 g/mol. The summed E-state index contributed by atoms with van der Waals surface area (Å²) in [4.78, 5) is 6.79. The highest BCUT2D eigenvalue weighted by atomic mass is 32.2. The van der Waals surface area contributed by atoms with Gasteiger partial charge in [-0.25, -0.2) is 12.8 Å². The van der Waals surface area contributed by atoms with Crippen LogP contribution in [0.3, 0.4) is 0 Å². The van der Waals surface area contributed by atoms with Gasteiger partial charge in [-0.2, -0.15) is 4.31 Å². The Morgan fingerprint density at radius 3 is 2.14 bits per heavy atom. The summed E-state index contributed by atoms with van der Waals surface area (Å²) in [5.74, 6) is 1.01. The Hall–Kier alpha value is -2.34. The molecule has 190 valence electrons. The van der Waals surface area contributed by atoms with Gasteiger partial charge in [0, 0.05) is 65.5 Å². The molecule has 0 bridgehead atoms. The third kappa shape index (κ3) is 6.08. The van der Waals surface area contributed by atoms with Crippen LogP contribution in [0.1, 0.15) is 18.4 Å². The van der Waals surface area contributed by atoms with Crippen molar-refractivity contribution in [2.24, 2.45) is 0 Å². The molecule has 0 amide bonds. The van der Waals surface area contributed by atoms with Crippen molar-refractivity contribution in [3.05, 3.63) is 47.8 Å². The van der Waals surface area contributed by atoms with E-state index in [2.05, 4.69) is 24.9 Å². The van der Waals surface area contributed by atoms with Crippen LogP contribution in [0.15, 0.2) is 36.4 Å². The van der Waals surface area contributed by atoms with E-state index in [1.807, 2.05) is 12.1 Å². The van der Waals surface area contributed by atoms with Gasteiger partial charge in [-0.1, -0.05) is 12.1 Å². The summed E-state index contributed by atoms with van der Waals surface area (Å²) in [6, 6.07) is 9.73. The van der Waals surface area contributed by atoms with Crippen molar-refractivity contribution in [1.82, 2.24) is 19.4 Å². The molecule has 0 N–H and O–H groups in total. The molecule has 3 aliphatic rings. The zero-order chi connectivity index (χ0) is 24.3. The van der Waals surface area contributed by atoms with Gasteiger partial charge >= 0.3 is 0 Å². The summed E-state index contributed by atoms with van der Waals surface area (Å²) in [5.41, 5.74) is 0.460. The molecule has 0 radical (unpaired) electrons. The molecule has 0 saturated carbocycles. The number of ether oxygens (including phenoxy) is 1. The van der Waals surface area contributed by atoms with Crippen LogP contribution in [0.5, 0.6) is 0 Å². The summed E-state index contributed by atoms with van der Waals surface area (Å²) in [7, 11) is -3.51. The van der Waals surface area contributed by atoms with Gasteiger partial charge in [0.15, 0.2) is 11.6 Å². The number of sulfonamides is 1. The zero-order valence-electron chi connectivity index (χ0n) is 19.9. The quantitative estimate of drug-likeness (QED) is 0.562. The number of benzene rings is 1. The number of halogens is 1. The van der Waals surface area contributed by atoms with Crippen molar-refractivity contribution in [2.45, 2.75) is 24.7 Å². The molecule has 9 nitrogen and oxygen atoms in total. The highest BCUT2D eigenvalue weighted by Gasteiger charge is 2.28. The standard InChI is InChI=1S/C24H33FN6O3S/c25-21-4-1-3-20(17-21)19-35(32,33)31-14-12-30(13-15-31)24-7-6-23(26-27-24)29-10-8-28(9-11-29)18-22-5-2-16-34-22/h1,3-4,6-7,17,22H,2,5,8-16,18-19H2. The Morgan fingerprint density at radius 1 is 0.914 bits per heavy atom. The van der Waals surface area contributed by atoms with Crippen molar-refractivity contribution in [1.29, 1.82) is 0 Å². The largest absolute Gasteiger partial charge is 0.377 e. The summed E-state index contributed by atoms with van der Waals surface area (Å²) in [5, 5.41) is 8.90. The molecule has 11 heteroatoms. The van der Waals surface area contributed by atoms with E-state index in [0.717, 1.165) is 51.0 Å². The van der Waals surface area contributed by atoms with Crippen molar-refractivity contribution in [3.63, 3.8) is 0 Å². The molecule has 1 aromatic heterocycles. The number of piperazine rings is 2. The minimum Gasteiger partial charge on any atom is -0.377 e. The van der Waals surface area contributed by atoms with Crippen LogP contribution in [0.2, 0.25) is 0 Å². The van der Waals surface area contributed by atoms with Gasteiger partial charge in [-0.3, -0.25) is 4.90 Å². The van der Waals surface area contributed by atoms with Crippen molar-refractivity contribution in [2.75, 3.05) is 75.3 Å². The summed E-state index contributed by atoms with van der Waals surface area (Å²) < 4.78 is 46.2. The first-order chi connectivity index (χ1) is 17.0.